The van der Waals surface area contributed by atoms with Crippen molar-refractivity contribution in [3.8, 4) is 5.75 Å². The van der Waals surface area contributed by atoms with Crippen LogP contribution in [0.1, 0.15) is 84.6 Å². The molecule has 0 unspecified atom stereocenters. The van der Waals surface area contributed by atoms with Crippen LogP contribution in [0.4, 0.5) is 0 Å². The van der Waals surface area contributed by atoms with Crippen LogP contribution in [-0.4, -0.2) is 30.6 Å². The fourth-order valence-electron chi connectivity index (χ4n) is 4.09. The summed E-state index contributed by atoms with van der Waals surface area (Å²) in [5, 5.41) is 0. The van der Waals surface area contributed by atoms with Crippen molar-refractivity contribution in [2.45, 2.75) is 90.5 Å². The van der Waals surface area contributed by atoms with E-state index in [1.54, 1.807) is 0 Å². The molecule has 0 amide bonds. The van der Waals surface area contributed by atoms with E-state index in [2.05, 4.69) is 56.9 Å². The maximum Gasteiger partial charge on any atom is 0.119 e. The third-order valence-electron chi connectivity index (χ3n) is 5.94. The number of unbranched alkanes of at least 4 members (excludes halogenated alkanes) is 1. The van der Waals surface area contributed by atoms with Gasteiger partial charge in [-0.2, -0.15) is 0 Å². The van der Waals surface area contributed by atoms with Crippen LogP contribution in [0.5, 0.6) is 5.75 Å². The van der Waals surface area contributed by atoms with Gasteiger partial charge in [0.05, 0.1) is 0 Å². The Morgan fingerprint density at radius 1 is 1.04 bits per heavy atom. The molecule has 2 nitrogen and oxygen atoms in total. The molecule has 1 aliphatic rings. The van der Waals surface area contributed by atoms with Crippen molar-refractivity contribution < 1.29 is 4.74 Å². The number of rotatable bonds is 10. The van der Waals surface area contributed by atoms with E-state index < -0.39 is 0 Å². The highest BCUT2D eigenvalue weighted by Gasteiger charge is 2.20. The summed E-state index contributed by atoms with van der Waals surface area (Å²) in [6.07, 6.45) is 10.8. The summed E-state index contributed by atoms with van der Waals surface area (Å²) in [7, 11) is 0. The molecule has 1 aromatic carbocycles. The molecule has 1 aliphatic carbocycles. The molecule has 25 heavy (non-hydrogen) atoms. The molecule has 0 heterocycles. The van der Waals surface area contributed by atoms with Crippen molar-refractivity contribution in [3.05, 3.63) is 29.8 Å². The molecule has 1 aromatic rings. The van der Waals surface area contributed by atoms with Gasteiger partial charge < -0.3 is 4.74 Å². The summed E-state index contributed by atoms with van der Waals surface area (Å²) in [4.78, 5) is 2.61. The topological polar surface area (TPSA) is 12.5 Å². The predicted octanol–water partition coefficient (Wildman–Crippen LogP) is 6.19. The first-order chi connectivity index (χ1) is 12.1. The van der Waals surface area contributed by atoms with Crippen molar-refractivity contribution >= 4 is 0 Å². The van der Waals surface area contributed by atoms with Gasteiger partial charge in [0.25, 0.3) is 0 Å². The Labute approximate surface area is 156 Å². The van der Waals surface area contributed by atoms with E-state index in [0.29, 0.717) is 0 Å². The highest BCUT2D eigenvalue weighted by molar-refractivity contribution is 5.31. The van der Waals surface area contributed by atoms with Crippen LogP contribution >= 0.6 is 0 Å². The minimum absolute atomic E-state index is 0.258. The second-order valence-corrected chi connectivity index (χ2v) is 8.28. The standard InChI is InChI=1S/C23H39NO/c1-5-7-17-23(3,4)20-13-15-22(16-14-20)25-19-18-24(6-2)21-11-9-8-10-12-21/h13-16,21H,5-12,17-19H2,1-4H3. The highest BCUT2D eigenvalue weighted by atomic mass is 16.5. The molecular weight excluding hydrogens is 306 g/mol. The minimum atomic E-state index is 0.258. The van der Waals surface area contributed by atoms with Gasteiger partial charge in [-0.3, -0.25) is 4.90 Å². The van der Waals surface area contributed by atoms with Gasteiger partial charge in [0.1, 0.15) is 12.4 Å². The molecule has 1 saturated carbocycles. The van der Waals surface area contributed by atoms with Crippen LogP contribution < -0.4 is 4.74 Å². The SMILES string of the molecule is CCCCC(C)(C)c1ccc(OCCN(CC)C2CCCCC2)cc1. The molecule has 1 fully saturated rings. The lowest BCUT2D eigenvalue weighted by Crippen LogP contribution is -2.39. The maximum atomic E-state index is 6.04. The van der Waals surface area contributed by atoms with Gasteiger partial charge >= 0.3 is 0 Å². The lowest BCUT2D eigenvalue weighted by atomic mass is 9.80. The Hall–Kier alpha value is -1.02. The Morgan fingerprint density at radius 3 is 2.32 bits per heavy atom. The molecule has 0 N–H and O–H groups in total. The first-order valence-electron chi connectivity index (χ1n) is 10.5. The van der Waals surface area contributed by atoms with Gasteiger partial charge in [-0.1, -0.05) is 71.9 Å². The van der Waals surface area contributed by atoms with Gasteiger partial charge in [-0.25, -0.2) is 0 Å². The van der Waals surface area contributed by atoms with Crippen molar-refractivity contribution in [2.75, 3.05) is 19.7 Å². The molecule has 2 heteroatoms. The number of ether oxygens (including phenoxy) is 1. The summed E-state index contributed by atoms with van der Waals surface area (Å²) in [5.74, 6) is 1.01. The number of hydrogen-bond donors (Lipinski definition) is 0. The fourth-order valence-corrected chi connectivity index (χ4v) is 4.09. The van der Waals surface area contributed by atoms with Crippen LogP contribution in [0.25, 0.3) is 0 Å². The summed E-state index contributed by atoms with van der Waals surface area (Å²) in [6, 6.07) is 9.59. The van der Waals surface area contributed by atoms with E-state index in [4.69, 9.17) is 4.74 Å². The largest absolute Gasteiger partial charge is 0.492 e. The average Bonchev–Trinajstić information content (AvgIpc) is 2.65. The average molecular weight is 346 g/mol. The van der Waals surface area contributed by atoms with E-state index >= 15 is 0 Å². The predicted molar refractivity (Wildman–Crippen MR) is 109 cm³/mol. The Bertz CT molecular complexity index is 473. The van der Waals surface area contributed by atoms with E-state index in [1.165, 1.54) is 56.9 Å². The molecule has 0 atom stereocenters. The minimum Gasteiger partial charge on any atom is -0.492 e. The summed E-state index contributed by atoms with van der Waals surface area (Å²) >= 11 is 0. The fraction of sp³-hybridized carbons (Fsp3) is 0.739. The molecule has 0 radical (unpaired) electrons. The summed E-state index contributed by atoms with van der Waals surface area (Å²) in [6.45, 7) is 12.2. The number of hydrogen-bond acceptors (Lipinski definition) is 2. The van der Waals surface area contributed by atoms with Crippen molar-refractivity contribution in [2.24, 2.45) is 0 Å². The number of benzene rings is 1. The molecule has 0 saturated heterocycles. The van der Waals surface area contributed by atoms with E-state index in [0.717, 1.165) is 31.5 Å². The van der Waals surface area contributed by atoms with Crippen LogP contribution in [0.3, 0.4) is 0 Å². The Kier molecular flexibility index (Phi) is 8.29. The van der Waals surface area contributed by atoms with Crippen molar-refractivity contribution in [1.82, 2.24) is 4.90 Å². The highest BCUT2D eigenvalue weighted by Crippen LogP contribution is 2.30. The van der Waals surface area contributed by atoms with Crippen LogP contribution in [0.2, 0.25) is 0 Å². The summed E-state index contributed by atoms with van der Waals surface area (Å²) in [5.41, 5.74) is 1.68. The normalized spacial score (nSPS) is 16.4. The van der Waals surface area contributed by atoms with Crippen LogP contribution in [-0.2, 0) is 5.41 Å². The van der Waals surface area contributed by atoms with Gasteiger partial charge in [0, 0.05) is 12.6 Å². The van der Waals surface area contributed by atoms with E-state index in [1.807, 2.05) is 0 Å². The molecule has 2 rings (SSSR count). The third-order valence-corrected chi connectivity index (χ3v) is 5.94. The lowest BCUT2D eigenvalue weighted by molar-refractivity contribution is 0.137. The summed E-state index contributed by atoms with van der Waals surface area (Å²) < 4.78 is 6.04. The maximum absolute atomic E-state index is 6.04. The van der Waals surface area contributed by atoms with Gasteiger partial charge in [0.15, 0.2) is 0 Å². The molecule has 0 spiro atoms. The third kappa shape index (κ3) is 6.33. The molecule has 142 valence electrons. The van der Waals surface area contributed by atoms with E-state index in [9.17, 15) is 0 Å². The van der Waals surface area contributed by atoms with Crippen LogP contribution in [0.15, 0.2) is 24.3 Å². The second-order valence-electron chi connectivity index (χ2n) is 8.28. The second kappa shape index (κ2) is 10.2. The molecular formula is C23H39NO. The lowest BCUT2D eigenvalue weighted by Gasteiger charge is -2.33. The quantitative estimate of drug-likeness (QED) is 0.501. The van der Waals surface area contributed by atoms with Gasteiger partial charge in [0.2, 0.25) is 0 Å². The van der Waals surface area contributed by atoms with Crippen LogP contribution in [0, 0.1) is 0 Å². The zero-order valence-corrected chi connectivity index (χ0v) is 17.0. The van der Waals surface area contributed by atoms with E-state index in [-0.39, 0.29) is 5.41 Å². The smallest absolute Gasteiger partial charge is 0.119 e. The first-order valence-corrected chi connectivity index (χ1v) is 10.5. The Morgan fingerprint density at radius 2 is 1.72 bits per heavy atom. The number of nitrogens with zero attached hydrogens (tertiary/aromatic N) is 1. The zero-order valence-electron chi connectivity index (χ0n) is 17.0. The monoisotopic (exact) mass is 345 g/mol. The first kappa shape index (κ1) is 20.3. The Balaban J connectivity index is 1.80. The molecule has 0 bridgehead atoms. The molecule has 0 aromatic heterocycles. The molecule has 0 aliphatic heterocycles. The van der Waals surface area contributed by atoms with Gasteiger partial charge in [-0.15, -0.1) is 0 Å². The number of likely N-dealkylation sites (N-methyl/N-ethyl adjacent to an activating group) is 1. The van der Waals surface area contributed by atoms with Crippen molar-refractivity contribution in [3.63, 3.8) is 0 Å². The zero-order chi connectivity index (χ0) is 18.1. The van der Waals surface area contributed by atoms with Gasteiger partial charge in [-0.05, 0) is 48.9 Å². The van der Waals surface area contributed by atoms with Crippen molar-refractivity contribution in [1.29, 1.82) is 0 Å².